The van der Waals surface area contributed by atoms with Gasteiger partial charge in [0.15, 0.2) is 0 Å². The molecule has 2 nitrogen and oxygen atoms in total. The molecule has 0 bridgehead atoms. The Bertz CT molecular complexity index is 496. The monoisotopic (exact) mass is 308 g/mol. The summed E-state index contributed by atoms with van der Waals surface area (Å²) in [5.74, 6) is -0.244. The Kier molecular flexibility index (Phi) is 4.44. The predicted molar refractivity (Wildman–Crippen MR) is 73.9 cm³/mol. The molecule has 0 fully saturated rings. The van der Waals surface area contributed by atoms with Crippen molar-refractivity contribution in [2.24, 2.45) is 0 Å². The number of aromatic nitrogens is 1. The molecule has 0 amide bonds. The highest BCUT2D eigenvalue weighted by Crippen LogP contribution is 2.25. The van der Waals surface area contributed by atoms with E-state index in [4.69, 9.17) is 0 Å². The second-order valence-corrected chi connectivity index (χ2v) is 4.90. The molecule has 1 aromatic heterocycles. The summed E-state index contributed by atoms with van der Waals surface area (Å²) in [5.41, 5.74) is 1.91. The largest absolute Gasteiger partial charge is 0.306 e. The van der Waals surface area contributed by atoms with Gasteiger partial charge in [-0.1, -0.05) is 28.9 Å². The molecule has 1 unspecified atom stereocenters. The summed E-state index contributed by atoms with van der Waals surface area (Å²) in [7, 11) is 0. The van der Waals surface area contributed by atoms with E-state index < -0.39 is 0 Å². The standard InChI is InChI=1S/C14H14BrFN2/c1-2-18-14(10-4-3-5-17-9-10)11-6-12(15)8-13(16)7-11/h3-9,14,18H,2H2,1H3. The molecule has 2 aromatic rings. The highest BCUT2D eigenvalue weighted by Gasteiger charge is 2.14. The zero-order valence-corrected chi connectivity index (χ0v) is 11.6. The maximum absolute atomic E-state index is 13.5. The van der Waals surface area contributed by atoms with Crippen LogP contribution in [0, 0.1) is 5.82 Å². The lowest BCUT2D eigenvalue weighted by Crippen LogP contribution is -2.22. The van der Waals surface area contributed by atoms with Crippen LogP contribution in [-0.4, -0.2) is 11.5 Å². The maximum atomic E-state index is 13.5. The number of nitrogens with zero attached hydrogens (tertiary/aromatic N) is 1. The molecular weight excluding hydrogens is 295 g/mol. The number of hydrogen-bond donors (Lipinski definition) is 1. The van der Waals surface area contributed by atoms with Gasteiger partial charge in [0.2, 0.25) is 0 Å². The summed E-state index contributed by atoms with van der Waals surface area (Å²) in [4.78, 5) is 4.11. The molecule has 1 aromatic carbocycles. The van der Waals surface area contributed by atoms with Crippen molar-refractivity contribution in [1.29, 1.82) is 0 Å². The molecule has 94 valence electrons. The van der Waals surface area contributed by atoms with Crippen molar-refractivity contribution in [3.63, 3.8) is 0 Å². The molecule has 18 heavy (non-hydrogen) atoms. The quantitative estimate of drug-likeness (QED) is 0.932. The molecule has 0 aliphatic heterocycles. The fraction of sp³-hybridized carbons (Fsp3) is 0.214. The number of pyridine rings is 1. The molecular formula is C14H14BrFN2. The molecule has 4 heteroatoms. The van der Waals surface area contributed by atoms with Gasteiger partial charge in [-0.3, -0.25) is 4.98 Å². The van der Waals surface area contributed by atoms with Crippen LogP contribution in [0.25, 0.3) is 0 Å². The molecule has 0 saturated carbocycles. The maximum Gasteiger partial charge on any atom is 0.124 e. The van der Waals surface area contributed by atoms with Crippen LogP contribution in [0.3, 0.4) is 0 Å². The Hall–Kier alpha value is -1.26. The summed E-state index contributed by atoms with van der Waals surface area (Å²) < 4.78 is 14.2. The SMILES string of the molecule is CCNC(c1cccnc1)c1cc(F)cc(Br)c1. The first-order valence-electron chi connectivity index (χ1n) is 5.80. The molecule has 1 N–H and O–H groups in total. The number of benzene rings is 1. The first kappa shape index (κ1) is 13.2. The van der Waals surface area contributed by atoms with Crippen molar-refractivity contribution in [2.75, 3.05) is 6.54 Å². The third-order valence-electron chi connectivity index (χ3n) is 2.64. The Labute approximate surface area is 114 Å². The lowest BCUT2D eigenvalue weighted by Gasteiger charge is -2.19. The number of nitrogens with one attached hydrogen (secondary N) is 1. The van der Waals surface area contributed by atoms with E-state index in [1.54, 1.807) is 18.5 Å². The van der Waals surface area contributed by atoms with E-state index in [-0.39, 0.29) is 11.9 Å². The van der Waals surface area contributed by atoms with Crippen LogP contribution in [0.2, 0.25) is 0 Å². The van der Waals surface area contributed by atoms with E-state index in [9.17, 15) is 4.39 Å². The molecule has 0 aliphatic rings. The summed E-state index contributed by atoms with van der Waals surface area (Å²) >= 11 is 3.32. The molecule has 1 heterocycles. The van der Waals surface area contributed by atoms with Crippen molar-refractivity contribution >= 4 is 15.9 Å². The lowest BCUT2D eigenvalue weighted by atomic mass is 10.00. The third kappa shape index (κ3) is 3.15. The first-order valence-corrected chi connectivity index (χ1v) is 6.59. The molecule has 0 aliphatic carbocycles. The molecule has 0 spiro atoms. The Morgan fingerprint density at radius 2 is 2.17 bits per heavy atom. The van der Waals surface area contributed by atoms with Gasteiger partial charge in [0.05, 0.1) is 6.04 Å². The lowest BCUT2D eigenvalue weighted by molar-refractivity contribution is 0.601. The van der Waals surface area contributed by atoms with Crippen LogP contribution in [-0.2, 0) is 0 Å². The van der Waals surface area contributed by atoms with Crippen LogP contribution in [0.4, 0.5) is 4.39 Å². The van der Waals surface area contributed by atoms with Crippen molar-refractivity contribution < 1.29 is 4.39 Å². The van der Waals surface area contributed by atoms with E-state index in [2.05, 4.69) is 26.2 Å². The average Bonchev–Trinajstić information content (AvgIpc) is 2.36. The van der Waals surface area contributed by atoms with Gasteiger partial charge in [0, 0.05) is 16.9 Å². The second-order valence-electron chi connectivity index (χ2n) is 3.98. The van der Waals surface area contributed by atoms with Crippen LogP contribution in [0.15, 0.2) is 47.2 Å². The predicted octanol–water partition coefficient (Wildman–Crippen LogP) is 3.68. The highest BCUT2D eigenvalue weighted by atomic mass is 79.9. The minimum Gasteiger partial charge on any atom is -0.306 e. The smallest absolute Gasteiger partial charge is 0.124 e. The average molecular weight is 309 g/mol. The number of halogens is 2. The molecule has 1 atom stereocenters. The summed E-state index contributed by atoms with van der Waals surface area (Å²) in [5, 5.41) is 3.34. The van der Waals surface area contributed by atoms with Gasteiger partial charge < -0.3 is 5.32 Å². The Morgan fingerprint density at radius 3 is 2.78 bits per heavy atom. The summed E-state index contributed by atoms with van der Waals surface area (Å²) in [6, 6.07) is 8.74. The van der Waals surface area contributed by atoms with Gasteiger partial charge in [0.25, 0.3) is 0 Å². The minimum absolute atomic E-state index is 0.0456. The van der Waals surface area contributed by atoms with Crippen molar-refractivity contribution in [3.05, 3.63) is 64.1 Å². The van der Waals surface area contributed by atoms with Gasteiger partial charge in [-0.15, -0.1) is 0 Å². The zero-order chi connectivity index (χ0) is 13.0. The van der Waals surface area contributed by atoms with Crippen molar-refractivity contribution in [2.45, 2.75) is 13.0 Å². The van der Waals surface area contributed by atoms with Gasteiger partial charge in [0.1, 0.15) is 5.82 Å². The van der Waals surface area contributed by atoms with Gasteiger partial charge in [-0.05, 0) is 41.9 Å². The highest BCUT2D eigenvalue weighted by molar-refractivity contribution is 9.10. The van der Waals surface area contributed by atoms with Gasteiger partial charge in [-0.25, -0.2) is 4.39 Å². The molecule has 2 rings (SSSR count). The first-order chi connectivity index (χ1) is 8.70. The van der Waals surface area contributed by atoms with Crippen LogP contribution < -0.4 is 5.32 Å². The number of rotatable bonds is 4. The second kappa shape index (κ2) is 6.07. The number of hydrogen-bond acceptors (Lipinski definition) is 2. The van der Waals surface area contributed by atoms with Gasteiger partial charge in [-0.2, -0.15) is 0 Å². The zero-order valence-electron chi connectivity index (χ0n) is 10.0. The summed E-state index contributed by atoms with van der Waals surface area (Å²) in [6.45, 7) is 2.82. The molecule has 0 saturated heterocycles. The van der Waals surface area contributed by atoms with Crippen LogP contribution >= 0.6 is 15.9 Å². The normalized spacial score (nSPS) is 12.4. The minimum atomic E-state index is -0.244. The van der Waals surface area contributed by atoms with E-state index in [1.807, 2.05) is 25.1 Å². The Morgan fingerprint density at radius 1 is 1.33 bits per heavy atom. The summed E-state index contributed by atoms with van der Waals surface area (Å²) in [6.07, 6.45) is 3.53. The van der Waals surface area contributed by atoms with E-state index in [0.29, 0.717) is 0 Å². The van der Waals surface area contributed by atoms with Crippen molar-refractivity contribution in [3.8, 4) is 0 Å². The van der Waals surface area contributed by atoms with E-state index in [1.165, 1.54) is 6.07 Å². The van der Waals surface area contributed by atoms with Gasteiger partial charge >= 0.3 is 0 Å². The van der Waals surface area contributed by atoms with E-state index in [0.717, 1.165) is 22.1 Å². The molecule has 0 radical (unpaired) electrons. The van der Waals surface area contributed by atoms with E-state index >= 15 is 0 Å². The van der Waals surface area contributed by atoms with Crippen molar-refractivity contribution in [1.82, 2.24) is 10.3 Å². The fourth-order valence-corrected chi connectivity index (χ4v) is 2.40. The Balaban J connectivity index is 2.41. The third-order valence-corrected chi connectivity index (χ3v) is 3.10. The topological polar surface area (TPSA) is 24.9 Å². The van der Waals surface area contributed by atoms with Crippen LogP contribution in [0.5, 0.6) is 0 Å². The fourth-order valence-electron chi connectivity index (χ4n) is 1.92. The van der Waals surface area contributed by atoms with Crippen LogP contribution in [0.1, 0.15) is 24.1 Å².